The van der Waals surface area contributed by atoms with Crippen molar-refractivity contribution in [3.8, 4) is 11.3 Å². The van der Waals surface area contributed by atoms with Crippen LogP contribution in [-0.4, -0.2) is 21.3 Å². The SMILES string of the molecule is Cc1cccn2cc(-c3ccc(NC(=O)CC(NC(N)=O)c4ccccc4)cc3)nc12. The van der Waals surface area contributed by atoms with Crippen molar-refractivity contribution < 1.29 is 9.59 Å². The van der Waals surface area contributed by atoms with Crippen molar-refractivity contribution in [2.75, 3.05) is 5.32 Å². The van der Waals surface area contributed by atoms with E-state index >= 15 is 0 Å². The Hall–Kier alpha value is -4.13. The molecule has 0 fully saturated rings. The predicted octanol–water partition coefficient (Wildman–Crippen LogP) is 4.05. The first-order valence-corrected chi connectivity index (χ1v) is 9.95. The maximum Gasteiger partial charge on any atom is 0.312 e. The number of carbonyl (C=O) groups excluding carboxylic acids is 2. The minimum Gasteiger partial charge on any atom is -0.352 e. The molecule has 2 aromatic carbocycles. The van der Waals surface area contributed by atoms with Gasteiger partial charge in [-0.3, -0.25) is 4.79 Å². The number of hydrogen-bond donors (Lipinski definition) is 3. The summed E-state index contributed by atoms with van der Waals surface area (Å²) in [4.78, 5) is 28.6. The number of imidazole rings is 1. The molecule has 156 valence electrons. The number of amides is 3. The van der Waals surface area contributed by atoms with Gasteiger partial charge < -0.3 is 20.8 Å². The van der Waals surface area contributed by atoms with Crippen molar-refractivity contribution in [1.82, 2.24) is 14.7 Å². The van der Waals surface area contributed by atoms with Crippen molar-refractivity contribution in [2.24, 2.45) is 5.73 Å². The highest BCUT2D eigenvalue weighted by atomic mass is 16.2. The first-order chi connectivity index (χ1) is 15.0. The lowest BCUT2D eigenvalue weighted by molar-refractivity contribution is -0.116. The van der Waals surface area contributed by atoms with Gasteiger partial charge >= 0.3 is 6.03 Å². The normalized spacial score (nSPS) is 11.8. The smallest absolute Gasteiger partial charge is 0.312 e. The maximum atomic E-state index is 12.6. The lowest BCUT2D eigenvalue weighted by atomic mass is 10.0. The molecule has 7 heteroatoms. The van der Waals surface area contributed by atoms with E-state index in [0.29, 0.717) is 5.69 Å². The summed E-state index contributed by atoms with van der Waals surface area (Å²) in [6.45, 7) is 2.03. The molecule has 7 nitrogen and oxygen atoms in total. The topological polar surface area (TPSA) is 102 Å². The number of anilines is 1. The van der Waals surface area contributed by atoms with Crippen LogP contribution in [0.3, 0.4) is 0 Å². The summed E-state index contributed by atoms with van der Waals surface area (Å²) >= 11 is 0. The standard InChI is InChI=1S/C24H23N5O2/c1-16-6-5-13-29-15-21(27-23(16)29)18-9-11-19(12-10-18)26-22(30)14-20(28-24(25)31)17-7-3-2-4-8-17/h2-13,15,20H,14H2,1H3,(H,26,30)(H3,25,28,31). The van der Waals surface area contributed by atoms with E-state index in [1.165, 1.54) is 0 Å². The molecule has 0 aliphatic rings. The van der Waals surface area contributed by atoms with Crippen LogP contribution in [0.15, 0.2) is 79.1 Å². The van der Waals surface area contributed by atoms with Crippen molar-refractivity contribution in [2.45, 2.75) is 19.4 Å². The predicted molar refractivity (Wildman–Crippen MR) is 121 cm³/mol. The molecule has 2 heterocycles. The number of aryl methyl sites for hydroxylation is 1. The number of hydrogen-bond acceptors (Lipinski definition) is 3. The van der Waals surface area contributed by atoms with Gasteiger partial charge in [-0.05, 0) is 36.2 Å². The number of carbonyl (C=O) groups is 2. The molecule has 2 aromatic heterocycles. The molecular weight excluding hydrogens is 390 g/mol. The zero-order valence-corrected chi connectivity index (χ0v) is 17.1. The Balaban J connectivity index is 1.45. The number of aromatic nitrogens is 2. The number of nitrogens with two attached hydrogens (primary N) is 1. The van der Waals surface area contributed by atoms with E-state index < -0.39 is 12.1 Å². The van der Waals surface area contributed by atoms with Gasteiger partial charge in [-0.2, -0.15) is 0 Å². The number of rotatable bonds is 6. The second-order valence-corrected chi connectivity index (χ2v) is 7.35. The highest BCUT2D eigenvalue weighted by Crippen LogP contribution is 2.23. The Morgan fingerprint density at radius 3 is 2.45 bits per heavy atom. The molecule has 31 heavy (non-hydrogen) atoms. The molecule has 0 spiro atoms. The van der Waals surface area contributed by atoms with Crippen molar-refractivity contribution >= 4 is 23.3 Å². The van der Waals surface area contributed by atoms with E-state index in [2.05, 4.69) is 10.6 Å². The summed E-state index contributed by atoms with van der Waals surface area (Å²) in [5, 5.41) is 5.50. The Morgan fingerprint density at radius 1 is 1.03 bits per heavy atom. The highest BCUT2D eigenvalue weighted by Gasteiger charge is 2.17. The summed E-state index contributed by atoms with van der Waals surface area (Å²) < 4.78 is 2.00. The zero-order valence-electron chi connectivity index (χ0n) is 17.1. The van der Waals surface area contributed by atoms with Gasteiger partial charge in [0.15, 0.2) is 0 Å². The molecule has 0 bridgehead atoms. The first kappa shape index (κ1) is 20.2. The molecule has 0 radical (unpaired) electrons. The molecule has 0 saturated carbocycles. The lowest BCUT2D eigenvalue weighted by Gasteiger charge is -2.17. The molecule has 0 saturated heterocycles. The third kappa shape index (κ3) is 4.72. The quantitative estimate of drug-likeness (QED) is 0.444. The number of nitrogens with zero attached hydrogens (tertiary/aromatic N) is 2. The van der Waals surface area contributed by atoms with Crippen LogP contribution >= 0.6 is 0 Å². The number of pyridine rings is 1. The van der Waals surface area contributed by atoms with Gasteiger partial charge in [-0.1, -0.05) is 48.5 Å². The average molecular weight is 413 g/mol. The summed E-state index contributed by atoms with van der Waals surface area (Å²) in [6.07, 6.45) is 4.02. The summed E-state index contributed by atoms with van der Waals surface area (Å²) in [5.41, 5.74) is 10.6. The second kappa shape index (κ2) is 8.71. The van der Waals surface area contributed by atoms with Crippen LogP contribution in [-0.2, 0) is 4.79 Å². The average Bonchev–Trinajstić information content (AvgIpc) is 3.20. The van der Waals surface area contributed by atoms with Gasteiger partial charge in [-0.15, -0.1) is 0 Å². The molecular formula is C24H23N5O2. The molecule has 1 atom stereocenters. The fourth-order valence-electron chi connectivity index (χ4n) is 3.52. The van der Waals surface area contributed by atoms with Crippen LogP contribution in [0.25, 0.3) is 16.9 Å². The third-order valence-electron chi connectivity index (χ3n) is 5.05. The lowest BCUT2D eigenvalue weighted by Crippen LogP contribution is -2.35. The van der Waals surface area contributed by atoms with Crippen LogP contribution in [0.2, 0.25) is 0 Å². The largest absolute Gasteiger partial charge is 0.352 e. The second-order valence-electron chi connectivity index (χ2n) is 7.35. The Kier molecular flexibility index (Phi) is 5.66. The minimum absolute atomic E-state index is 0.0699. The third-order valence-corrected chi connectivity index (χ3v) is 5.05. The molecule has 3 amide bonds. The number of urea groups is 1. The zero-order chi connectivity index (χ0) is 21.8. The monoisotopic (exact) mass is 413 g/mol. The molecule has 4 rings (SSSR count). The van der Waals surface area contributed by atoms with Crippen LogP contribution in [0.4, 0.5) is 10.5 Å². The minimum atomic E-state index is -0.673. The molecule has 0 aliphatic carbocycles. The van der Waals surface area contributed by atoms with Crippen molar-refractivity contribution in [3.05, 3.63) is 90.3 Å². The Morgan fingerprint density at radius 2 is 1.77 bits per heavy atom. The number of fused-ring (bicyclic) bond motifs is 1. The highest BCUT2D eigenvalue weighted by molar-refractivity contribution is 5.91. The van der Waals surface area contributed by atoms with Crippen LogP contribution in [0.1, 0.15) is 23.6 Å². The maximum absolute atomic E-state index is 12.6. The Bertz CT molecular complexity index is 1220. The fourth-order valence-corrected chi connectivity index (χ4v) is 3.52. The fraction of sp³-hybridized carbons (Fsp3) is 0.125. The van der Waals surface area contributed by atoms with Gasteiger partial charge in [0.1, 0.15) is 5.65 Å². The van der Waals surface area contributed by atoms with Crippen molar-refractivity contribution in [1.29, 1.82) is 0 Å². The van der Waals surface area contributed by atoms with E-state index in [1.807, 2.05) is 90.4 Å². The van der Waals surface area contributed by atoms with E-state index in [9.17, 15) is 9.59 Å². The summed E-state index contributed by atoms with van der Waals surface area (Å²) in [7, 11) is 0. The summed E-state index contributed by atoms with van der Waals surface area (Å²) in [5.74, 6) is -0.223. The van der Waals surface area contributed by atoms with Gasteiger partial charge in [0.05, 0.1) is 18.2 Å². The molecule has 4 aromatic rings. The number of primary amides is 1. The molecule has 0 aliphatic heterocycles. The number of benzene rings is 2. The van der Waals surface area contributed by atoms with Gasteiger partial charge in [0.2, 0.25) is 5.91 Å². The van der Waals surface area contributed by atoms with E-state index in [0.717, 1.165) is 28.0 Å². The molecule has 1 unspecified atom stereocenters. The first-order valence-electron chi connectivity index (χ1n) is 9.95. The van der Waals surface area contributed by atoms with Crippen LogP contribution < -0.4 is 16.4 Å². The molecule has 4 N–H and O–H groups in total. The summed E-state index contributed by atoms with van der Waals surface area (Å²) in [6, 6.07) is 19.6. The van der Waals surface area contributed by atoms with E-state index in [4.69, 9.17) is 10.7 Å². The Labute approximate surface area is 179 Å². The van der Waals surface area contributed by atoms with Gasteiger partial charge in [0.25, 0.3) is 0 Å². The van der Waals surface area contributed by atoms with Crippen LogP contribution in [0, 0.1) is 6.92 Å². The van der Waals surface area contributed by atoms with Crippen molar-refractivity contribution in [3.63, 3.8) is 0 Å². The van der Waals surface area contributed by atoms with Gasteiger partial charge in [0, 0.05) is 23.6 Å². The van der Waals surface area contributed by atoms with Crippen LogP contribution in [0.5, 0.6) is 0 Å². The van der Waals surface area contributed by atoms with Gasteiger partial charge in [-0.25, -0.2) is 9.78 Å². The van der Waals surface area contributed by atoms with E-state index in [1.54, 1.807) is 0 Å². The van der Waals surface area contributed by atoms with E-state index in [-0.39, 0.29) is 12.3 Å². The number of nitrogens with one attached hydrogen (secondary N) is 2.